The van der Waals surface area contributed by atoms with Crippen LogP contribution in [-0.4, -0.2) is 29.8 Å². The molecule has 0 spiro atoms. The molecule has 4 nitrogen and oxygen atoms in total. The number of hydrogen-bond donors (Lipinski definition) is 2. The molecule has 1 fully saturated rings. The lowest BCUT2D eigenvalue weighted by Gasteiger charge is -2.20. The summed E-state index contributed by atoms with van der Waals surface area (Å²) in [6.07, 6.45) is 2.08. The lowest BCUT2D eigenvalue weighted by molar-refractivity contribution is -0.147. The van der Waals surface area contributed by atoms with Crippen molar-refractivity contribution >= 4 is 5.97 Å². The molecule has 0 aromatic heterocycles. The van der Waals surface area contributed by atoms with Crippen molar-refractivity contribution in [1.82, 2.24) is 0 Å². The summed E-state index contributed by atoms with van der Waals surface area (Å²) in [5, 5.41) is 9.49. The number of hydrogen-bond acceptors (Lipinski definition) is 4. The van der Waals surface area contributed by atoms with Crippen LogP contribution < -0.4 is 5.73 Å². The highest BCUT2D eigenvalue weighted by atomic mass is 16.5. The van der Waals surface area contributed by atoms with Gasteiger partial charge in [-0.05, 0) is 19.8 Å². The molecule has 0 aromatic rings. The molecule has 3 atom stereocenters. The lowest BCUT2D eigenvalue weighted by Crippen LogP contribution is -2.42. The van der Waals surface area contributed by atoms with E-state index in [-0.39, 0.29) is 5.92 Å². The maximum absolute atomic E-state index is 11.2. The van der Waals surface area contributed by atoms with Gasteiger partial charge in [-0.2, -0.15) is 0 Å². The Balaban J connectivity index is 2.45. The van der Waals surface area contributed by atoms with Crippen molar-refractivity contribution in [3.8, 4) is 0 Å². The van der Waals surface area contributed by atoms with Crippen LogP contribution in [0.5, 0.6) is 0 Å². The van der Waals surface area contributed by atoms with Gasteiger partial charge < -0.3 is 15.6 Å². The smallest absolute Gasteiger partial charge is 0.323 e. The van der Waals surface area contributed by atoms with Crippen molar-refractivity contribution < 1.29 is 14.6 Å². The standard InChI is InChI=1S/C9H17NO3/c1-2-13-9(12)8(10)6-4-3-5-7(6)11/h6-8,11H,2-5,10H2,1H3/t6-,7+,8+/m0/s1. The number of ether oxygens (including phenoxy) is 1. The number of esters is 1. The zero-order valence-corrected chi connectivity index (χ0v) is 7.90. The number of rotatable bonds is 3. The molecule has 0 amide bonds. The molecule has 1 rings (SSSR count). The van der Waals surface area contributed by atoms with Crippen LogP contribution in [0.25, 0.3) is 0 Å². The predicted molar refractivity (Wildman–Crippen MR) is 48.0 cm³/mol. The van der Waals surface area contributed by atoms with Gasteiger partial charge in [-0.3, -0.25) is 4.79 Å². The van der Waals surface area contributed by atoms with Gasteiger partial charge in [0.1, 0.15) is 6.04 Å². The zero-order valence-electron chi connectivity index (χ0n) is 7.90. The van der Waals surface area contributed by atoms with E-state index in [1.54, 1.807) is 6.92 Å². The Morgan fingerprint density at radius 3 is 2.85 bits per heavy atom. The maximum Gasteiger partial charge on any atom is 0.323 e. The minimum Gasteiger partial charge on any atom is -0.465 e. The van der Waals surface area contributed by atoms with Gasteiger partial charge in [0.25, 0.3) is 0 Å². The number of aliphatic hydroxyl groups is 1. The molecule has 1 saturated carbocycles. The first-order chi connectivity index (χ1) is 6.16. The topological polar surface area (TPSA) is 72.5 Å². The molecule has 4 heteroatoms. The number of aliphatic hydroxyl groups excluding tert-OH is 1. The average molecular weight is 187 g/mol. The Labute approximate surface area is 78.1 Å². The van der Waals surface area contributed by atoms with Crippen LogP contribution in [0.15, 0.2) is 0 Å². The summed E-state index contributed by atoms with van der Waals surface area (Å²) in [5.74, 6) is -0.507. The van der Waals surface area contributed by atoms with Crippen molar-refractivity contribution in [1.29, 1.82) is 0 Å². The van der Waals surface area contributed by atoms with E-state index in [0.29, 0.717) is 6.61 Å². The third kappa shape index (κ3) is 2.42. The van der Waals surface area contributed by atoms with Gasteiger partial charge in [0.15, 0.2) is 0 Å². The summed E-state index contributed by atoms with van der Waals surface area (Å²) in [6.45, 7) is 2.09. The molecule has 13 heavy (non-hydrogen) atoms. The first kappa shape index (κ1) is 10.5. The zero-order chi connectivity index (χ0) is 9.84. The van der Waals surface area contributed by atoms with Gasteiger partial charge in [-0.15, -0.1) is 0 Å². The van der Waals surface area contributed by atoms with E-state index in [0.717, 1.165) is 19.3 Å². The Kier molecular flexibility index (Phi) is 3.69. The highest BCUT2D eigenvalue weighted by Crippen LogP contribution is 2.27. The predicted octanol–water partition coefficient (Wildman–Crippen LogP) is 0.0378. The summed E-state index contributed by atoms with van der Waals surface area (Å²) in [4.78, 5) is 11.2. The molecular formula is C9H17NO3. The highest BCUT2D eigenvalue weighted by Gasteiger charge is 2.34. The Hall–Kier alpha value is -0.610. The second-order valence-corrected chi connectivity index (χ2v) is 3.44. The third-order valence-corrected chi connectivity index (χ3v) is 2.55. The number of carbonyl (C=O) groups is 1. The number of nitrogens with two attached hydrogens (primary N) is 1. The summed E-state index contributed by atoms with van der Waals surface area (Å²) in [5.41, 5.74) is 5.66. The Bertz CT molecular complexity index is 184. The lowest BCUT2D eigenvalue weighted by atomic mass is 9.97. The molecule has 0 aliphatic heterocycles. The molecule has 0 unspecified atom stereocenters. The monoisotopic (exact) mass is 187 g/mol. The second-order valence-electron chi connectivity index (χ2n) is 3.44. The minimum absolute atomic E-state index is 0.112. The van der Waals surface area contributed by atoms with Crippen LogP contribution in [-0.2, 0) is 9.53 Å². The summed E-state index contributed by atoms with van der Waals surface area (Å²) < 4.78 is 4.79. The fourth-order valence-corrected chi connectivity index (χ4v) is 1.80. The molecule has 0 heterocycles. The van der Waals surface area contributed by atoms with Crippen LogP contribution in [0.3, 0.4) is 0 Å². The fraction of sp³-hybridized carbons (Fsp3) is 0.889. The van der Waals surface area contributed by atoms with Crippen LogP contribution in [0.4, 0.5) is 0 Å². The van der Waals surface area contributed by atoms with Crippen molar-refractivity contribution in [2.75, 3.05) is 6.61 Å². The molecule has 3 N–H and O–H groups in total. The maximum atomic E-state index is 11.2. The molecular weight excluding hydrogens is 170 g/mol. The average Bonchev–Trinajstić information content (AvgIpc) is 2.50. The van der Waals surface area contributed by atoms with E-state index >= 15 is 0 Å². The van der Waals surface area contributed by atoms with E-state index in [9.17, 15) is 9.90 Å². The largest absolute Gasteiger partial charge is 0.465 e. The van der Waals surface area contributed by atoms with Gasteiger partial charge in [0.2, 0.25) is 0 Å². The van der Waals surface area contributed by atoms with E-state index in [4.69, 9.17) is 10.5 Å². The molecule has 0 aromatic carbocycles. The van der Waals surface area contributed by atoms with Gasteiger partial charge in [-0.1, -0.05) is 6.42 Å². The van der Waals surface area contributed by atoms with Crippen molar-refractivity contribution in [3.63, 3.8) is 0 Å². The first-order valence-corrected chi connectivity index (χ1v) is 4.77. The molecule has 0 radical (unpaired) electrons. The minimum atomic E-state index is -0.655. The van der Waals surface area contributed by atoms with Crippen molar-refractivity contribution in [3.05, 3.63) is 0 Å². The summed E-state index contributed by atoms with van der Waals surface area (Å²) in [7, 11) is 0. The van der Waals surface area contributed by atoms with Gasteiger partial charge in [0, 0.05) is 5.92 Å². The van der Waals surface area contributed by atoms with Gasteiger partial charge in [-0.25, -0.2) is 0 Å². The quantitative estimate of drug-likeness (QED) is 0.612. The second kappa shape index (κ2) is 4.58. The summed E-state index contributed by atoms with van der Waals surface area (Å²) in [6, 6.07) is -0.655. The SMILES string of the molecule is CCOC(=O)[C@H](N)[C@H]1CCC[C@H]1O. The van der Waals surface area contributed by atoms with Gasteiger partial charge >= 0.3 is 5.97 Å². The van der Waals surface area contributed by atoms with Crippen LogP contribution in [0.1, 0.15) is 26.2 Å². The molecule has 76 valence electrons. The van der Waals surface area contributed by atoms with E-state index in [1.165, 1.54) is 0 Å². The fourth-order valence-electron chi connectivity index (χ4n) is 1.80. The normalized spacial score (nSPS) is 30.1. The molecule has 0 bridgehead atoms. The van der Waals surface area contributed by atoms with E-state index in [1.807, 2.05) is 0 Å². The van der Waals surface area contributed by atoms with Crippen LogP contribution in [0.2, 0.25) is 0 Å². The summed E-state index contributed by atoms with van der Waals surface area (Å²) >= 11 is 0. The van der Waals surface area contributed by atoms with Crippen molar-refractivity contribution in [2.45, 2.75) is 38.3 Å². The van der Waals surface area contributed by atoms with Crippen molar-refractivity contribution in [2.24, 2.45) is 11.7 Å². The third-order valence-electron chi connectivity index (χ3n) is 2.55. The molecule has 0 saturated heterocycles. The van der Waals surface area contributed by atoms with Crippen LogP contribution >= 0.6 is 0 Å². The number of carbonyl (C=O) groups excluding carboxylic acids is 1. The molecule has 1 aliphatic rings. The Morgan fingerprint density at radius 2 is 2.38 bits per heavy atom. The van der Waals surface area contributed by atoms with E-state index < -0.39 is 18.1 Å². The van der Waals surface area contributed by atoms with Crippen LogP contribution in [0, 0.1) is 5.92 Å². The highest BCUT2D eigenvalue weighted by molar-refractivity contribution is 5.76. The Morgan fingerprint density at radius 1 is 1.69 bits per heavy atom. The van der Waals surface area contributed by atoms with E-state index in [2.05, 4.69) is 0 Å². The first-order valence-electron chi connectivity index (χ1n) is 4.77. The van der Waals surface area contributed by atoms with Gasteiger partial charge in [0.05, 0.1) is 12.7 Å². The molecule has 1 aliphatic carbocycles.